The molecule has 2 aromatic rings. The van der Waals surface area contributed by atoms with Crippen LogP contribution in [0, 0.1) is 0 Å². The Balaban J connectivity index is 2.01. The van der Waals surface area contributed by atoms with Gasteiger partial charge in [-0.25, -0.2) is 0 Å². The first-order valence-electron chi connectivity index (χ1n) is 11.5. The van der Waals surface area contributed by atoms with Gasteiger partial charge in [0.25, 0.3) is 0 Å². The quantitative estimate of drug-likeness (QED) is 0.365. The molecule has 0 saturated carbocycles. The van der Waals surface area contributed by atoms with Crippen LogP contribution in [-0.4, -0.2) is 38.4 Å². The van der Waals surface area contributed by atoms with Gasteiger partial charge >= 0.3 is 0 Å². The predicted octanol–water partition coefficient (Wildman–Crippen LogP) is 7.44. The minimum Gasteiger partial charge on any atom is -0.415 e. The summed E-state index contributed by atoms with van der Waals surface area (Å²) < 4.78 is 12.7. The van der Waals surface area contributed by atoms with Gasteiger partial charge in [-0.15, -0.1) is 0 Å². The van der Waals surface area contributed by atoms with Gasteiger partial charge < -0.3 is 14.1 Å². The fourth-order valence-corrected chi connectivity index (χ4v) is 5.30. The summed E-state index contributed by atoms with van der Waals surface area (Å²) in [6, 6.07) is 15.0. The van der Waals surface area contributed by atoms with Crippen LogP contribution >= 0.6 is 23.2 Å². The zero-order valence-electron chi connectivity index (χ0n) is 20.4. The SMILES string of the molecule is CCC(CO[Si](C)(C)C(C)(C)C)N1C(=O)CO[C@H](c2cccc(Cl)c2)[C@H]1c1ccc(Cl)cc1. The van der Waals surface area contributed by atoms with Gasteiger partial charge in [0.2, 0.25) is 5.91 Å². The first-order valence-corrected chi connectivity index (χ1v) is 15.2. The second-order valence-corrected chi connectivity index (χ2v) is 15.9. The highest BCUT2D eigenvalue weighted by atomic mass is 35.5. The average Bonchev–Trinajstić information content (AvgIpc) is 2.74. The summed E-state index contributed by atoms with van der Waals surface area (Å²) in [5.74, 6) is -0.0288. The van der Waals surface area contributed by atoms with Gasteiger partial charge in [0, 0.05) is 10.0 Å². The Morgan fingerprint density at radius 2 is 1.76 bits per heavy atom. The molecule has 1 unspecified atom stereocenters. The van der Waals surface area contributed by atoms with Crippen molar-refractivity contribution in [1.82, 2.24) is 4.90 Å². The van der Waals surface area contributed by atoms with E-state index in [9.17, 15) is 4.79 Å². The maximum Gasteiger partial charge on any atom is 0.249 e. The summed E-state index contributed by atoms with van der Waals surface area (Å²) in [4.78, 5) is 15.3. The molecule has 33 heavy (non-hydrogen) atoms. The molecule has 3 rings (SSSR count). The molecular formula is C26H35Cl2NO3Si. The van der Waals surface area contributed by atoms with E-state index in [1.54, 1.807) is 0 Å². The summed E-state index contributed by atoms with van der Waals surface area (Å²) in [7, 11) is -1.97. The Hall–Kier alpha value is -1.37. The van der Waals surface area contributed by atoms with Crippen LogP contribution in [0.1, 0.15) is 57.4 Å². The van der Waals surface area contributed by atoms with Gasteiger partial charge in [-0.1, -0.05) is 75.2 Å². The molecule has 2 aromatic carbocycles. The minimum absolute atomic E-state index is 0.0257. The van der Waals surface area contributed by atoms with Crippen LogP contribution in [0.15, 0.2) is 48.5 Å². The normalized spacial score (nSPS) is 20.7. The van der Waals surface area contributed by atoms with E-state index < -0.39 is 8.32 Å². The lowest BCUT2D eigenvalue weighted by atomic mass is 9.91. The third-order valence-electron chi connectivity index (χ3n) is 6.96. The maximum absolute atomic E-state index is 13.3. The number of hydrogen-bond acceptors (Lipinski definition) is 3. The molecule has 180 valence electrons. The van der Waals surface area contributed by atoms with Crippen molar-refractivity contribution in [1.29, 1.82) is 0 Å². The molecule has 1 heterocycles. The number of rotatable bonds is 7. The standard InChI is InChI=1S/C26H35Cl2NO3Si/c1-7-22(16-32-33(5,6)26(2,3)4)29-23(30)17-31-25(19-9-8-10-21(28)15-19)24(29)18-11-13-20(27)14-12-18/h8-15,22,24-25H,7,16-17H2,1-6H3/t22?,24-,25-/m1/s1. The third kappa shape index (κ3) is 6.01. The van der Waals surface area contributed by atoms with Crippen LogP contribution in [-0.2, 0) is 14.0 Å². The van der Waals surface area contributed by atoms with E-state index in [2.05, 4.69) is 40.8 Å². The molecule has 0 N–H and O–H groups in total. The predicted molar refractivity (Wildman–Crippen MR) is 138 cm³/mol. The number of carbonyl (C=O) groups is 1. The van der Waals surface area contributed by atoms with E-state index in [0.717, 1.165) is 17.5 Å². The molecule has 1 aliphatic rings. The van der Waals surface area contributed by atoms with Crippen molar-refractivity contribution in [3.63, 3.8) is 0 Å². The van der Waals surface area contributed by atoms with E-state index in [4.69, 9.17) is 32.4 Å². The fourth-order valence-electron chi connectivity index (χ4n) is 3.93. The van der Waals surface area contributed by atoms with Crippen molar-refractivity contribution in [3.05, 3.63) is 69.7 Å². The van der Waals surface area contributed by atoms with Crippen LogP contribution in [0.5, 0.6) is 0 Å². The van der Waals surface area contributed by atoms with Crippen LogP contribution in [0.3, 0.4) is 0 Å². The molecule has 0 spiro atoms. The lowest BCUT2D eigenvalue weighted by molar-refractivity contribution is -0.164. The van der Waals surface area contributed by atoms with Crippen LogP contribution in [0.25, 0.3) is 0 Å². The number of ether oxygens (including phenoxy) is 1. The average molecular weight is 509 g/mol. The Labute approximate surface area is 209 Å². The number of morpholine rings is 1. The highest BCUT2D eigenvalue weighted by molar-refractivity contribution is 6.74. The lowest BCUT2D eigenvalue weighted by Crippen LogP contribution is -2.53. The van der Waals surface area contributed by atoms with Crippen molar-refractivity contribution in [3.8, 4) is 0 Å². The number of halogens is 2. The molecular weight excluding hydrogens is 473 g/mol. The lowest BCUT2D eigenvalue weighted by Gasteiger charge is -2.46. The molecule has 3 atom stereocenters. The van der Waals surface area contributed by atoms with Crippen molar-refractivity contribution in [2.24, 2.45) is 0 Å². The van der Waals surface area contributed by atoms with Gasteiger partial charge in [-0.3, -0.25) is 4.79 Å². The number of carbonyl (C=O) groups excluding carboxylic acids is 1. The third-order valence-corrected chi connectivity index (χ3v) is 11.9. The monoisotopic (exact) mass is 507 g/mol. The molecule has 7 heteroatoms. The van der Waals surface area contributed by atoms with E-state index in [1.165, 1.54) is 0 Å². The Morgan fingerprint density at radius 1 is 1.09 bits per heavy atom. The summed E-state index contributed by atoms with van der Waals surface area (Å²) in [5.41, 5.74) is 1.92. The van der Waals surface area contributed by atoms with Crippen molar-refractivity contribution in [2.45, 2.75) is 70.4 Å². The van der Waals surface area contributed by atoms with E-state index in [0.29, 0.717) is 16.7 Å². The fraction of sp³-hybridized carbons (Fsp3) is 0.500. The van der Waals surface area contributed by atoms with Crippen molar-refractivity contribution < 1.29 is 14.0 Å². The molecule has 0 radical (unpaired) electrons. The Kier molecular flexibility index (Phi) is 8.34. The molecule has 0 aliphatic carbocycles. The highest BCUT2D eigenvalue weighted by Gasteiger charge is 2.43. The second kappa shape index (κ2) is 10.5. The van der Waals surface area contributed by atoms with Crippen molar-refractivity contribution >= 4 is 37.4 Å². The zero-order valence-corrected chi connectivity index (χ0v) is 22.9. The first kappa shape index (κ1) is 26.2. The van der Waals surface area contributed by atoms with Gasteiger partial charge in [-0.05, 0) is 59.9 Å². The van der Waals surface area contributed by atoms with Gasteiger partial charge in [0.15, 0.2) is 8.32 Å². The van der Waals surface area contributed by atoms with Gasteiger partial charge in [0.05, 0.1) is 18.7 Å². The van der Waals surface area contributed by atoms with E-state index in [-0.39, 0.29) is 35.7 Å². The van der Waals surface area contributed by atoms with Crippen LogP contribution in [0.2, 0.25) is 28.2 Å². The smallest absolute Gasteiger partial charge is 0.249 e. The molecule has 0 bridgehead atoms. The molecule has 1 fully saturated rings. The Morgan fingerprint density at radius 3 is 2.33 bits per heavy atom. The summed E-state index contributed by atoms with van der Waals surface area (Å²) >= 11 is 12.5. The Bertz CT molecular complexity index is 959. The number of benzene rings is 2. The van der Waals surface area contributed by atoms with Gasteiger partial charge in [-0.2, -0.15) is 0 Å². The van der Waals surface area contributed by atoms with Gasteiger partial charge in [0.1, 0.15) is 12.7 Å². The number of hydrogen-bond donors (Lipinski definition) is 0. The van der Waals surface area contributed by atoms with E-state index >= 15 is 0 Å². The maximum atomic E-state index is 13.3. The van der Waals surface area contributed by atoms with Crippen molar-refractivity contribution in [2.75, 3.05) is 13.2 Å². The summed E-state index contributed by atoms with van der Waals surface area (Å²) in [6.07, 6.45) is 0.441. The zero-order chi connectivity index (χ0) is 24.4. The molecule has 4 nitrogen and oxygen atoms in total. The number of nitrogens with zero attached hydrogens (tertiary/aromatic N) is 1. The molecule has 1 amide bonds. The second-order valence-electron chi connectivity index (χ2n) is 10.2. The van der Waals surface area contributed by atoms with E-state index in [1.807, 2.05) is 53.4 Å². The molecule has 1 aliphatic heterocycles. The summed E-state index contributed by atoms with van der Waals surface area (Å²) in [6.45, 7) is 13.8. The van der Waals surface area contributed by atoms with Crippen LogP contribution in [0.4, 0.5) is 0 Å². The highest BCUT2D eigenvalue weighted by Crippen LogP contribution is 2.43. The summed E-state index contributed by atoms with van der Waals surface area (Å²) in [5, 5.41) is 1.39. The topological polar surface area (TPSA) is 38.8 Å². The first-order chi connectivity index (χ1) is 15.4. The van der Waals surface area contributed by atoms with Crippen LogP contribution < -0.4 is 0 Å². The molecule has 1 saturated heterocycles. The number of amides is 1. The largest absolute Gasteiger partial charge is 0.415 e. The molecule has 0 aromatic heterocycles. The minimum atomic E-state index is -1.97.